The highest BCUT2D eigenvalue weighted by Gasteiger charge is 2.38. The van der Waals surface area contributed by atoms with Crippen molar-refractivity contribution < 1.29 is 13.2 Å². The number of alkyl halides is 3. The summed E-state index contributed by atoms with van der Waals surface area (Å²) in [4.78, 5) is 9.52. The van der Waals surface area contributed by atoms with E-state index in [4.69, 9.17) is 4.98 Å². The number of nitrogens with one attached hydrogen (secondary N) is 2. The van der Waals surface area contributed by atoms with Crippen LogP contribution in [0.1, 0.15) is 36.1 Å². The molecule has 178 valence electrons. The van der Waals surface area contributed by atoms with Crippen molar-refractivity contribution in [1.29, 1.82) is 0 Å². The number of H-pyrrole nitrogens is 2. The lowest BCUT2D eigenvalue weighted by atomic mass is 9.85. The molecule has 0 amide bonds. The fraction of sp³-hybridized carbons (Fsp3) is 0.458. The molecule has 6 rings (SSSR count). The van der Waals surface area contributed by atoms with Gasteiger partial charge < -0.3 is 9.80 Å². The van der Waals surface area contributed by atoms with Crippen LogP contribution in [-0.2, 0) is 19.0 Å². The first-order valence-electron chi connectivity index (χ1n) is 11.7. The third-order valence-corrected chi connectivity index (χ3v) is 7.39. The number of anilines is 1. The summed E-state index contributed by atoms with van der Waals surface area (Å²) in [6, 6.07) is 2.46. The fourth-order valence-electron chi connectivity index (χ4n) is 5.63. The third-order valence-electron chi connectivity index (χ3n) is 7.39. The van der Waals surface area contributed by atoms with Gasteiger partial charge in [-0.2, -0.15) is 23.4 Å². The van der Waals surface area contributed by atoms with Crippen molar-refractivity contribution >= 4 is 27.5 Å². The lowest BCUT2D eigenvalue weighted by Gasteiger charge is -2.26. The number of hydrogen-bond acceptors (Lipinski definition) is 5. The van der Waals surface area contributed by atoms with Crippen LogP contribution in [0.25, 0.3) is 33.1 Å². The summed E-state index contributed by atoms with van der Waals surface area (Å²) < 4.78 is 41.4. The van der Waals surface area contributed by atoms with Crippen LogP contribution in [0.2, 0.25) is 0 Å². The number of fused-ring (bicyclic) bond motifs is 5. The molecule has 7 nitrogen and oxygen atoms in total. The Hall–Kier alpha value is -3.14. The van der Waals surface area contributed by atoms with Gasteiger partial charge in [-0.25, -0.2) is 4.98 Å². The van der Waals surface area contributed by atoms with E-state index >= 15 is 0 Å². The molecule has 1 aliphatic heterocycles. The fourth-order valence-corrected chi connectivity index (χ4v) is 5.63. The van der Waals surface area contributed by atoms with Gasteiger partial charge in [0.15, 0.2) is 0 Å². The summed E-state index contributed by atoms with van der Waals surface area (Å²) in [5.74, 6) is 0. The third kappa shape index (κ3) is 3.26. The Morgan fingerprint density at radius 3 is 2.56 bits per heavy atom. The molecule has 1 saturated heterocycles. The van der Waals surface area contributed by atoms with Gasteiger partial charge in [0, 0.05) is 29.9 Å². The Balaban J connectivity index is 1.66. The smallest absolute Gasteiger partial charge is 0.368 e. The molecule has 3 aromatic heterocycles. The van der Waals surface area contributed by atoms with Crippen LogP contribution in [0.15, 0.2) is 18.5 Å². The zero-order chi connectivity index (χ0) is 23.6. The maximum absolute atomic E-state index is 13.8. The normalized spacial score (nSPS) is 19.0. The van der Waals surface area contributed by atoms with Crippen molar-refractivity contribution in [3.05, 3.63) is 35.3 Å². The van der Waals surface area contributed by atoms with Gasteiger partial charge in [-0.05, 0) is 63.4 Å². The molecule has 10 heteroatoms. The molecule has 0 unspecified atom stereocenters. The quantitative estimate of drug-likeness (QED) is 0.461. The van der Waals surface area contributed by atoms with E-state index < -0.39 is 11.9 Å². The molecule has 1 aliphatic carbocycles. The zero-order valence-corrected chi connectivity index (χ0v) is 19.1. The molecular weight excluding hydrogens is 443 g/mol. The first-order chi connectivity index (χ1) is 16.3. The first-order valence-corrected chi connectivity index (χ1v) is 11.7. The van der Waals surface area contributed by atoms with Crippen LogP contribution >= 0.6 is 0 Å². The highest BCUT2D eigenvalue weighted by molar-refractivity contribution is 6.13. The van der Waals surface area contributed by atoms with Gasteiger partial charge in [0.05, 0.1) is 40.4 Å². The van der Waals surface area contributed by atoms with E-state index in [1.807, 2.05) is 6.20 Å². The first kappa shape index (κ1) is 21.4. The number of hydrogen-bond donors (Lipinski definition) is 2. The summed E-state index contributed by atoms with van der Waals surface area (Å²) in [6.45, 7) is 1.71. The van der Waals surface area contributed by atoms with Gasteiger partial charge in [-0.3, -0.25) is 10.2 Å². The SMILES string of the molecule is CN(C)[C@H]1CCN(c2cc3[nH]ncc3c3c4c(c(-c5cn[nH]c5C(F)(F)F)nc23)CCCC4)C1. The predicted molar refractivity (Wildman–Crippen MR) is 125 cm³/mol. The number of aryl methyl sites for hydroxylation is 1. The van der Waals surface area contributed by atoms with E-state index in [1.165, 1.54) is 6.20 Å². The molecule has 0 spiro atoms. The van der Waals surface area contributed by atoms with Crippen molar-refractivity contribution in [1.82, 2.24) is 30.3 Å². The lowest BCUT2D eigenvalue weighted by Crippen LogP contribution is -2.31. The Morgan fingerprint density at radius 2 is 1.82 bits per heavy atom. The number of pyridine rings is 1. The minimum absolute atomic E-state index is 0.0263. The van der Waals surface area contributed by atoms with E-state index in [9.17, 15) is 13.2 Å². The molecule has 0 bridgehead atoms. The van der Waals surface area contributed by atoms with E-state index in [2.05, 4.69) is 50.4 Å². The second kappa shape index (κ2) is 7.69. The van der Waals surface area contributed by atoms with E-state index in [-0.39, 0.29) is 5.56 Å². The summed E-state index contributed by atoms with van der Waals surface area (Å²) >= 11 is 0. The summed E-state index contributed by atoms with van der Waals surface area (Å²) in [6.07, 6.45) is 3.00. The lowest BCUT2D eigenvalue weighted by molar-refractivity contribution is -0.140. The number of aromatic nitrogens is 5. The summed E-state index contributed by atoms with van der Waals surface area (Å²) in [5, 5.41) is 15.3. The molecular formula is C24H26F3N7. The van der Waals surface area contributed by atoms with Crippen LogP contribution < -0.4 is 4.90 Å². The van der Waals surface area contributed by atoms with Gasteiger partial charge >= 0.3 is 6.18 Å². The number of nitrogens with zero attached hydrogens (tertiary/aromatic N) is 5. The summed E-state index contributed by atoms with van der Waals surface area (Å²) in [5.41, 5.74) is 4.20. The number of rotatable bonds is 3. The van der Waals surface area contributed by atoms with Gasteiger partial charge in [-0.15, -0.1) is 0 Å². The molecule has 1 fully saturated rings. The van der Waals surface area contributed by atoms with Crippen LogP contribution in [0.5, 0.6) is 0 Å². The number of benzene rings is 1. The van der Waals surface area contributed by atoms with Crippen LogP contribution in [-0.4, -0.2) is 63.5 Å². The van der Waals surface area contributed by atoms with E-state index in [0.717, 1.165) is 77.4 Å². The maximum atomic E-state index is 13.8. The van der Waals surface area contributed by atoms with Gasteiger partial charge in [0.1, 0.15) is 5.69 Å². The van der Waals surface area contributed by atoms with Crippen molar-refractivity contribution in [3.8, 4) is 11.3 Å². The van der Waals surface area contributed by atoms with Crippen LogP contribution in [0, 0.1) is 0 Å². The number of halogens is 3. The number of aromatic amines is 2. The molecule has 1 aromatic carbocycles. The maximum Gasteiger partial charge on any atom is 0.433 e. The Morgan fingerprint density at radius 1 is 1.06 bits per heavy atom. The van der Waals surface area contributed by atoms with Crippen molar-refractivity contribution in [2.24, 2.45) is 0 Å². The highest BCUT2D eigenvalue weighted by Crippen LogP contribution is 2.44. The molecule has 2 N–H and O–H groups in total. The van der Waals surface area contributed by atoms with Crippen molar-refractivity contribution in [3.63, 3.8) is 0 Å². The van der Waals surface area contributed by atoms with Crippen LogP contribution in [0.3, 0.4) is 0 Å². The monoisotopic (exact) mass is 469 g/mol. The molecule has 4 aromatic rings. The topological polar surface area (TPSA) is 76.7 Å². The second-order valence-corrected chi connectivity index (χ2v) is 9.58. The largest absolute Gasteiger partial charge is 0.433 e. The number of likely N-dealkylation sites (N-methyl/N-ethyl adjacent to an activating group) is 1. The molecule has 34 heavy (non-hydrogen) atoms. The zero-order valence-electron chi connectivity index (χ0n) is 19.1. The summed E-state index contributed by atoms with van der Waals surface area (Å²) in [7, 11) is 4.16. The molecule has 4 heterocycles. The van der Waals surface area contributed by atoms with Gasteiger partial charge in [0.25, 0.3) is 0 Å². The average Bonchev–Trinajstić information content (AvgIpc) is 3.57. The van der Waals surface area contributed by atoms with Crippen molar-refractivity contribution in [2.75, 3.05) is 32.1 Å². The molecule has 0 saturated carbocycles. The Kier molecular flexibility index (Phi) is 4.84. The standard InChI is InChI=1S/C24H26F3N7/c1-33(2)13-7-8-34(12-13)19-9-18-16(10-28-31-18)20-14-5-3-4-6-15(14)21(30-22(19)20)17-11-29-32-23(17)24(25,26)27/h9-11,13H,3-8,12H2,1-2H3,(H,28,31)(H,29,32)/t13-/m0/s1. The van der Waals surface area contributed by atoms with Crippen LogP contribution in [0.4, 0.5) is 18.9 Å². The van der Waals surface area contributed by atoms with Gasteiger partial charge in [0.2, 0.25) is 0 Å². The minimum Gasteiger partial charge on any atom is -0.368 e. The average molecular weight is 470 g/mol. The molecule has 2 aliphatic rings. The van der Waals surface area contributed by atoms with Gasteiger partial charge in [-0.1, -0.05) is 0 Å². The van der Waals surface area contributed by atoms with E-state index in [1.54, 1.807) is 0 Å². The highest BCUT2D eigenvalue weighted by atomic mass is 19.4. The molecule has 0 radical (unpaired) electrons. The van der Waals surface area contributed by atoms with Crippen molar-refractivity contribution in [2.45, 2.75) is 44.3 Å². The minimum atomic E-state index is -4.53. The van der Waals surface area contributed by atoms with E-state index in [0.29, 0.717) is 18.2 Å². The Labute approximate surface area is 194 Å². The second-order valence-electron chi connectivity index (χ2n) is 9.58. The molecule has 1 atom stereocenters. The Bertz CT molecular complexity index is 1380. The predicted octanol–water partition coefficient (Wildman–Crippen LogP) is 4.54.